The molecule has 0 bridgehead atoms. The molecule has 0 spiro atoms. The van der Waals surface area contributed by atoms with Crippen molar-refractivity contribution in [3.63, 3.8) is 0 Å². The van der Waals surface area contributed by atoms with Crippen LogP contribution in [0.2, 0.25) is 0 Å². The lowest BCUT2D eigenvalue weighted by Crippen LogP contribution is -2.30. The number of rotatable bonds is 2. The molecule has 1 saturated heterocycles. The summed E-state index contributed by atoms with van der Waals surface area (Å²) in [5.41, 5.74) is 2.13. The van der Waals surface area contributed by atoms with Crippen LogP contribution in [0.1, 0.15) is 17.8 Å². The monoisotopic (exact) mass is 193 g/mol. The van der Waals surface area contributed by atoms with E-state index in [2.05, 4.69) is 10.4 Å². The van der Waals surface area contributed by atoms with E-state index >= 15 is 0 Å². The molecular weight excluding hydrogens is 178 g/mol. The Kier molecular flexibility index (Phi) is 2.37. The molecule has 0 amide bonds. The maximum atomic E-state index is 11.4. The summed E-state index contributed by atoms with van der Waals surface area (Å²) in [4.78, 5) is 11.4. The van der Waals surface area contributed by atoms with Crippen molar-refractivity contribution in [3.8, 4) is 0 Å². The molecule has 4 nitrogen and oxygen atoms in total. The first-order valence-corrected chi connectivity index (χ1v) is 4.92. The number of aromatic nitrogens is 2. The predicted molar refractivity (Wildman–Crippen MR) is 53.1 cm³/mol. The van der Waals surface area contributed by atoms with E-state index in [1.165, 1.54) is 0 Å². The Morgan fingerprint density at radius 2 is 2.50 bits per heavy atom. The Labute approximate surface area is 83.3 Å². The molecule has 2 rings (SSSR count). The van der Waals surface area contributed by atoms with Gasteiger partial charge in [0, 0.05) is 32.1 Å². The Bertz CT molecular complexity index is 356. The minimum absolute atomic E-state index is 0.00444. The number of aryl methyl sites for hydroxylation is 2. The predicted octanol–water partition coefficient (Wildman–Crippen LogP) is 0.202. The second kappa shape index (κ2) is 3.53. The molecule has 1 unspecified atom stereocenters. The highest BCUT2D eigenvalue weighted by Gasteiger charge is 2.24. The van der Waals surface area contributed by atoms with Crippen molar-refractivity contribution in [2.24, 2.45) is 7.05 Å². The fourth-order valence-corrected chi connectivity index (χ4v) is 1.91. The summed E-state index contributed by atoms with van der Waals surface area (Å²) in [6, 6.07) is 2.04. The number of carbonyl (C=O) groups is 1. The molecule has 1 aromatic rings. The first kappa shape index (κ1) is 9.40. The zero-order chi connectivity index (χ0) is 10.1. The van der Waals surface area contributed by atoms with Crippen LogP contribution in [0, 0.1) is 6.92 Å². The minimum Gasteiger partial charge on any atom is -0.307 e. The first-order chi connectivity index (χ1) is 6.66. The molecular formula is C10H15N3O. The van der Waals surface area contributed by atoms with Gasteiger partial charge in [0.05, 0.1) is 11.7 Å². The number of nitrogens with zero attached hydrogens (tertiary/aromatic N) is 2. The number of hydrogen-bond donors (Lipinski definition) is 1. The van der Waals surface area contributed by atoms with Gasteiger partial charge in [0.15, 0.2) is 5.78 Å². The van der Waals surface area contributed by atoms with Crippen molar-refractivity contribution < 1.29 is 4.79 Å². The zero-order valence-electron chi connectivity index (χ0n) is 8.58. The van der Waals surface area contributed by atoms with Gasteiger partial charge in [-0.1, -0.05) is 0 Å². The molecule has 1 aliphatic heterocycles. The van der Waals surface area contributed by atoms with Crippen LogP contribution in [-0.4, -0.2) is 28.2 Å². The standard InChI is InChI=1S/C10H15N3O/c1-7-5-8(13(2)12-7)6-9-10(14)3-4-11-9/h5,9,11H,3-4,6H2,1-2H3. The summed E-state index contributed by atoms with van der Waals surface area (Å²) < 4.78 is 1.85. The van der Waals surface area contributed by atoms with Gasteiger partial charge in [0.1, 0.15) is 0 Å². The van der Waals surface area contributed by atoms with Crippen LogP contribution in [0.5, 0.6) is 0 Å². The summed E-state index contributed by atoms with van der Waals surface area (Å²) in [6.45, 7) is 2.79. The molecule has 2 heterocycles. The molecule has 0 saturated carbocycles. The van der Waals surface area contributed by atoms with Crippen LogP contribution in [0.15, 0.2) is 6.07 Å². The molecule has 4 heteroatoms. The number of ketones is 1. The second-order valence-corrected chi connectivity index (χ2v) is 3.83. The Balaban J connectivity index is 2.10. The van der Waals surface area contributed by atoms with Gasteiger partial charge in [-0.2, -0.15) is 5.10 Å². The lowest BCUT2D eigenvalue weighted by Gasteiger charge is -2.08. The van der Waals surface area contributed by atoms with Crippen LogP contribution in [-0.2, 0) is 18.3 Å². The smallest absolute Gasteiger partial charge is 0.151 e. The fourth-order valence-electron chi connectivity index (χ4n) is 1.91. The van der Waals surface area contributed by atoms with E-state index in [0.717, 1.165) is 24.4 Å². The molecule has 1 atom stereocenters. The minimum atomic E-state index is 0.00444. The maximum Gasteiger partial charge on any atom is 0.151 e. The van der Waals surface area contributed by atoms with E-state index in [4.69, 9.17) is 0 Å². The molecule has 0 radical (unpaired) electrons. The van der Waals surface area contributed by atoms with Gasteiger partial charge in [0.2, 0.25) is 0 Å². The summed E-state index contributed by atoms with van der Waals surface area (Å²) in [5.74, 6) is 0.323. The van der Waals surface area contributed by atoms with Gasteiger partial charge < -0.3 is 5.32 Å². The molecule has 0 aliphatic carbocycles. The van der Waals surface area contributed by atoms with Gasteiger partial charge in [-0.05, 0) is 13.0 Å². The number of Topliss-reactive ketones (excluding diaryl/α,β-unsaturated/α-hetero) is 1. The second-order valence-electron chi connectivity index (χ2n) is 3.83. The largest absolute Gasteiger partial charge is 0.307 e. The molecule has 14 heavy (non-hydrogen) atoms. The Morgan fingerprint density at radius 3 is 3.00 bits per heavy atom. The van der Waals surface area contributed by atoms with Gasteiger partial charge >= 0.3 is 0 Å². The van der Waals surface area contributed by atoms with Crippen molar-refractivity contribution >= 4 is 5.78 Å². The van der Waals surface area contributed by atoms with E-state index in [9.17, 15) is 4.79 Å². The molecule has 1 aromatic heterocycles. The van der Waals surface area contributed by atoms with Gasteiger partial charge in [-0.15, -0.1) is 0 Å². The molecule has 76 valence electrons. The lowest BCUT2D eigenvalue weighted by molar-refractivity contribution is -0.118. The average molecular weight is 193 g/mol. The third kappa shape index (κ3) is 1.70. The van der Waals surface area contributed by atoms with E-state index < -0.39 is 0 Å². The molecule has 1 N–H and O–H groups in total. The summed E-state index contributed by atoms with van der Waals surface area (Å²) in [6.07, 6.45) is 1.43. The normalized spacial score (nSPS) is 21.9. The van der Waals surface area contributed by atoms with E-state index in [1.807, 2.05) is 24.7 Å². The van der Waals surface area contributed by atoms with E-state index in [-0.39, 0.29) is 6.04 Å². The Morgan fingerprint density at radius 1 is 1.71 bits per heavy atom. The zero-order valence-corrected chi connectivity index (χ0v) is 8.58. The number of hydrogen-bond acceptors (Lipinski definition) is 3. The van der Waals surface area contributed by atoms with Crippen molar-refractivity contribution in [1.29, 1.82) is 0 Å². The highest BCUT2D eigenvalue weighted by molar-refractivity contribution is 5.86. The lowest BCUT2D eigenvalue weighted by atomic mass is 10.1. The van der Waals surface area contributed by atoms with Gasteiger partial charge in [-0.25, -0.2) is 0 Å². The van der Waals surface area contributed by atoms with Crippen LogP contribution in [0.25, 0.3) is 0 Å². The van der Waals surface area contributed by atoms with Crippen LogP contribution in [0.3, 0.4) is 0 Å². The highest BCUT2D eigenvalue weighted by atomic mass is 16.1. The van der Waals surface area contributed by atoms with Crippen LogP contribution in [0.4, 0.5) is 0 Å². The first-order valence-electron chi connectivity index (χ1n) is 4.92. The summed E-state index contributed by atoms with van der Waals surface area (Å²) >= 11 is 0. The quantitative estimate of drug-likeness (QED) is 0.730. The third-order valence-corrected chi connectivity index (χ3v) is 2.66. The number of carbonyl (C=O) groups excluding carboxylic acids is 1. The maximum absolute atomic E-state index is 11.4. The Hall–Kier alpha value is -1.16. The average Bonchev–Trinajstić information content (AvgIpc) is 2.62. The van der Waals surface area contributed by atoms with Crippen LogP contribution < -0.4 is 5.32 Å². The summed E-state index contributed by atoms with van der Waals surface area (Å²) in [7, 11) is 1.92. The van der Waals surface area contributed by atoms with Crippen molar-refractivity contribution in [2.45, 2.75) is 25.8 Å². The third-order valence-electron chi connectivity index (χ3n) is 2.66. The topological polar surface area (TPSA) is 46.9 Å². The van der Waals surface area contributed by atoms with Gasteiger partial charge in [0.25, 0.3) is 0 Å². The molecule has 1 aliphatic rings. The van der Waals surface area contributed by atoms with E-state index in [1.54, 1.807) is 0 Å². The number of nitrogens with one attached hydrogen (secondary N) is 1. The molecule has 1 fully saturated rings. The fraction of sp³-hybridized carbons (Fsp3) is 0.600. The highest BCUT2D eigenvalue weighted by Crippen LogP contribution is 2.10. The van der Waals surface area contributed by atoms with Crippen molar-refractivity contribution in [3.05, 3.63) is 17.5 Å². The SMILES string of the molecule is Cc1cc(CC2NCCC2=O)n(C)n1. The van der Waals surface area contributed by atoms with Gasteiger partial charge in [-0.3, -0.25) is 9.48 Å². The summed E-state index contributed by atoms with van der Waals surface area (Å²) in [5, 5.41) is 7.46. The van der Waals surface area contributed by atoms with E-state index in [0.29, 0.717) is 12.2 Å². The molecule has 0 aromatic carbocycles. The van der Waals surface area contributed by atoms with Crippen molar-refractivity contribution in [2.75, 3.05) is 6.54 Å². The van der Waals surface area contributed by atoms with Crippen LogP contribution >= 0.6 is 0 Å². The van der Waals surface area contributed by atoms with Crippen molar-refractivity contribution in [1.82, 2.24) is 15.1 Å².